The lowest BCUT2D eigenvalue weighted by Crippen LogP contribution is -1.87. The number of rotatable bonds is 2. The summed E-state index contributed by atoms with van der Waals surface area (Å²) in [5.41, 5.74) is 1.75. The van der Waals surface area contributed by atoms with Crippen LogP contribution in [0.1, 0.15) is 0 Å². The van der Waals surface area contributed by atoms with Crippen LogP contribution in [0.3, 0.4) is 0 Å². The summed E-state index contributed by atoms with van der Waals surface area (Å²) in [7, 11) is 1.65. The van der Waals surface area contributed by atoms with Crippen molar-refractivity contribution in [1.29, 1.82) is 0 Å². The third-order valence-electron chi connectivity index (χ3n) is 2.63. The molecule has 0 aliphatic carbocycles. The zero-order chi connectivity index (χ0) is 12.5. The van der Waals surface area contributed by atoms with Gasteiger partial charge in [-0.25, -0.2) is 9.50 Å². The van der Waals surface area contributed by atoms with Crippen molar-refractivity contribution in [3.05, 3.63) is 47.1 Å². The van der Waals surface area contributed by atoms with Gasteiger partial charge < -0.3 is 4.74 Å². The van der Waals surface area contributed by atoms with Crippen LogP contribution in [0.2, 0.25) is 0 Å². The standard InChI is InChI=1S/C13H10BrN3O/c1-18-11-4-2-3-9(7-11)13-15-12-8-10(14)5-6-17(12)16-13/h2-8H,1H3. The smallest absolute Gasteiger partial charge is 0.182 e. The average molecular weight is 304 g/mol. The fourth-order valence-corrected chi connectivity index (χ4v) is 2.06. The zero-order valence-electron chi connectivity index (χ0n) is 9.67. The van der Waals surface area contributed by atoms with Gasteiger partial charge in [-0.2, -0.15) is 0 Å². The van der Waals surface area contributed by atoms with Gasteiger partial charge in [0.25, 0.3) is 0 Å². The predicted octanol–water partition coefficient (Wildman–Crippen LogP) is 3.17. The molecule has 2 heterocycles. The van der Waals surface area contributed by atoms with Crippen molar-refractivity contribution in [2.24, 2.45) is 0 Å². The first-order valence-electron chi connectivity index (χ1n) is 5.42. The molecule has 0 N–H and O–H groups in total. The molecule has 0 fully saturated rings. The third-order valence-corrected chi connectivity index (χ3v) is 3.12. The number of hydrogen-bond donors (Lipinski definition) is 0. The van der Waals surface area contributed by atoms with E-state index < -0.39 is 0 Å². The topological polar surface area (TPSA) is 39.4 Å². The fourth-order valence-electron chi connectivity index (χ4n) is 1.74. The van der Waals surface area contributed by atoms with Crippen LogP contribution < -0.4 is 4.74 Å². The average Bonchev–Trinajstić information content (AvgIpc) is 2.81. The van der Waals surface area contributed by atoms with E-state index in [0.29, 0.717) is 5.82 Å². The molecule has 0 unspecified atom stereocenters. The second kappa shape index (κ2) is 4.42. The minimum atomic E-state index is 0.687. The molecular weight excluding hydrogens is 294 g/mol. The van der Waals surface area contributed by atoms with Gasteiger partial charge in [0.1, 0.15) is 5.75 Å². The summed E-state index contributed by atoms with van der Waals surface area (Å²) in [5, 5.41) is 4.43. The maximum Gasteiger partial charge on any atom is 0.182 e. The number of nitrogens with zero attached hydrogens (tertiary/aromatic N) is 3. The molecule has 0 saturated heterocycles. The van der Waals surface area contributed by atoms with Crippen molar-refractivity contribution < 1.29 is 4.74 Å². The van der Waals surface area contributed by atoms with Gasteiger partial charge in [0, 0.05) is 16.2 Å². The molecule has 4 nitrogen and oxygen atoms in total. The highest BCUT2D eigenvalue weighted by molar-refractivity contribution is 9.10. The number of halogens is 1. The van der Waals surface area contributed by atoms with Crippen molar-refractivity contribution in [3.8, 4) is 17.1 Å². The largest absolute Gasteiger partial charge is 0.497 e. The van der Waals surface area contributed by atoms with Gasteiger partial charge in [0.05, 0.1) is 7.11 Å². The summed E-state index contributed by atoms with van der Waals surface area (Å²) in [6, 6.07) is 11.6. The molecule has 0 bridgehead atoms. The number of hydrogen-bond acceptors (Lipinski definition) is 3. The van der Waals surface area contributed by atoms with Crippen molar-refractivity contribution in [1.82, 2.24) is 14.6 Å². The summed E-state index contributed by atoms with van der Waals surface area (Å²) >= 11 is 3.42. The Bertz CT molecular complexity index is 708. The van der Waals surface area contributed by atoms with Gasteiger partial charge in [0.2, 0.25) is 0 Å². The molecule has 0 spiro atoms. The van der Waals surface area contributed by atoms with Gasteiger partial charge in [-0.1, -0.05) is 28.1 Å². The number of pyridine rings is 1. The Hall–Kier alpha value is -1.88. The van der Waals surface area contributed by atoms with E-state index in [1.807, 2.05) is 42.6 Å². The van der Waals surface area contributed by atoms with Gasteiger partial charge in [-0.15, -0.1) is 5.10 Å². The van der Waals surface area contributed by atoms with Crippen LogP contribution in [-0.2, 0) is 0 Å². The lowest BCUT2D eigenvalue weighted by Gasteiger charge is -2.00. The maximum absolute atomic E-state index is 5.20. The Morgan fingerprint density at radius 2 is 2.11 bits per heavy atom. The van der Waals surface area contributed by atoms with Gasteiger partial charge >= 0.3 is 0 Å². The van der Waals surface area contributed by atoms with E-state index in [1.54, 1.807) is 11.6 Å². The number of methoxy groups -OCH3 is 1. The first-order valence-corrected chi connectivity index (χ1v) is 6.22. The first kappa shape index (κ1) is 11.2. The molecule has 0 amide bonds. The molecule has 5 heteroatoms. The van der Waals surface area contributed by atoms with E-state index in [9.17, 15) is 0 Å². The highest BCUT2D eigenvalue weighted by atomic mass is 79.9. The number of aromatic nitrogens is 3. The van der Waals surface area contributed by atoms with Crippen LogP contribution in [0.25, 0.3) is 17.0 Å². The van der Waals surface area contributed by atoms with E-state index in [0.717, 1.165) is 21.4 Å². The summed E-state index contributed by atoms with van der Waals surface area (Å²) in [6.45, 7) is 0. The predicted molar refractivity (Wildman–Crippen MR) is 72.7 cm³/mol. The third kappa shape index (κ3) is 1.97. The Labute approximate surface area is 112 Å². The van der Waals surface area contributed by atoms with Crippen LogP contribution in [0.15, 0.2) is 47.1 Å². The maximum atomic E-state index is 5.20. The molecule has 0 atom stereocenters. The van der Waals surface area contributed by atoms with E-state index in [-0.39, 0.29) is 0 Å². The number of benzene rings is 1. The molecule has 0 radical (unpaired) electrons. The molecule has 0 saturated carbocycles. The zero-order valence-corrected chi connectivity index (χ0v) is 11.3. The molecule has 18 heavy (non-hydrogen) atoms. The Kier molecular flexibility index (Phi) is 2.76. The van der Waals surface area contributed by atoms with Crippen LogP contribution in [-0.4, -0.2) is 21.7 Å². The van der Waals surface area contributed by atoms with Crippen molar-refractivity contribution in [2.45, 2.75) is 0 Å². The van der Waals surface area contributed by atoms with Crippen molar-refractivity contribution in [2.75, 3.05) is 7.11 Å². The minimum Gasteiger partial charge on any atom is -0.497 e. The number of fused-ring (bicyclic) bond motifs is 1. The Morgan fingerprint density at radius 1 is 1.22 bits per heavy atom. The normalized spacial score (nSPS) is 10.8. The molecule has 3 rings (SSSR count). The molecule has 2 aromatic heterocycles. The first-order chi connectivity index (χ1) is 8.76. The molecular formula is C13H10BrN3O. The second-order valence-electron chi connectivity index (χ2n) is 3.82. The Balaban J connectivity index is 2.13. The van der Waals surface area contributed by atoms with Crippen LogP contribution in [0, 0.1) is 0 Å². The molecule has 3 aromatic rings. The quantitative estimate of drug-likeness (QED) is 0.730. The highest BCUT2D eigenvalue weighted by Crippen LogP contribution is 2.22. The summed E-state index contributed by atoms with van der Waals surface area (Å²) < 4.78 is 7.93. The van der Waals surface area contributed by atoms with E-state index in [4.69, 9.17) is 4.74 Å². The van der Waals surface area contributed by atoms with Crippen molar-refractivity contribution >= 4 is 21.6 Å². The van der Waals surface area contributed by atoms with Crippen LogP contribution >= 0.6 is 15.9 Å². The lowest BCUT2D eigenvalue weighted by atomic mass is 10.2. The summed E-state index contributed by atoms with van der Waals surface area (Å²) in [6.07, 6.45) is 1.87. The Morgan fingerprint density at radius 3 is 2.94 bits per heavy atom. The molecule has 0 aliphatic rings. The van der Waals surface area contributed by atoms with Crippen LogP contribution in [0.5, 0.6) is 5.75 Å². The summed E-state index contributed by atoms with van der Waals surface area (Å²) in [5.74, 6) is 1.49. The van der Waals surface area contributed by atoms with E-state index in [1.165, 1.54) is 0 Å². The highest BCUT2D eigenvalue weighted by Gasteiger charge is 2.07. The molecule has 90 valence electrons. The van der Waals surface area contributed by atoms with E-state index in [2.05, 4.69) is 26.0 Å². The lowest BCUT2D eigenvalue weighted by molar-refractivity contribution is 0.415. The monoisotopic (exact) mass is 303 g/mol. The van der Waals surface area contributed by atoms with E-state index >= 15 is 0 Å². The SMILES string of the molecule is COc1cccc(-c2nc3cc(Br)ccn3n2)c1. The summed E-state index contributed by atoms with van der Waals surface area (Å²) in [4.78, 5) is 4.49. The second-order valence-corrected chi connectivity index (χ2v) is 4.73. The molecule has 1 aromatic carbocycles. The molecule has 0 aliphatic heterocycles. The fraction of sp³-hybridized carbons (Fsp3) is 0.0769. The van der Waals surface area contributed by atoms with Crippen molar-refractivity contribution in [3.63, 3.8) is 0 Å². The van der Waals surface area contributed by atoms with Gasteiger partial charge in [-0.05, 0) is 24.3 Å². The minimum absolute atomic E-state index is 0.687. The van der Waals surface area contributed by atoms with Gasteiger partial charge in [-0.3, -0.25) is 0 Å². The van der Waals surface area contributed by atoms with Gasteiger partial charge in [0.15, 0.2) is 11.5 Å². The number of ether oxygens (including phenoxy) is 1. The van der Waals surface area contributed by atoms with Crippen LogP contribution in [0.4, 0.5) is 0 Å².